The maximum Gasteiger partial charge on any atom is 0.338 e. The fourth-order valence-electron chi connectivity index (χ4n) is 3.12. The molecule has 2 nitrogen and oxygen atoms in total. The number of aryl methyl sites for hydroxylation is 1. The third kappa shape index (κ3) is 9.48. The van der Waals surface area contributed by atoms with Crippen molar-refractivity contribution in [1.29, 1.82) is 0 Å². The van der Waals surface area contributed by atoms with Crippen molar-refractivity contribution >= 4 is 5.97 Å². The molecule has 0 radical (unpaired) electrons. The Morgan fingerprint density at radius 1 is 0.960 bits per heavy atom. The van der Waals surface area contributed by atoms with Crippen molar-refractivity contribution in [3.8, 4) is 5.75 Å². The van der Waals surface area contributed by atoms with Crippen LogP contribution in [-0.2, 0) is 11.2 Å². The fourth-order valence-corrected chi connectivity index (χ4v) is 3.12. The zero-order chi connectivity index (χ0) is 18.5. The monoisotopic (exact) mass is 344 g/mol. The lowest BCUT2D eigenvalue weighted by Crippen LogP contribution is -2.08. The van der Waals surface area contributed by atoms with Crippen LogP contribution in [0.1, 0.15) is 84.1 Å². The number of unbranched alkanes of at least 4 members (excludes halogenated alkanes) is 3. The topological polar surface area (TPSA) is 26.3 Å². The van der Waals surface area contributed by atoms with Crippen molar-refractivity contribution < 1.29 is 9.53 Å². The zero-order valence-corrected chi connectivity index (χ0v) is 16.5. The summed E-state index contributed by atoms with van der Waals surface area (Å²) >= 11 is 0. The van der Waals surface area contributed by atoms with Gasteiger partial charge in [-0.15, -0.1) is 0 Å². The van der Waals surface area contributed by atoms with Crippen molar-refractivity contribution in [3.05, 3.63) is 42.0 Å². The Hall–Kier alpha value is -1.57. The van der Waals surface area contributed by atoms with Gasteiger partial charge in [-0.1, -0.05) is 83.9 Å². The molecular formula is C23H36O2. The molecule has 2 heteroatoms. The highest BCUT2D eigenvalue weighted by molar-refractivity contribution is 5.88. The summed E-state index contributed by atoms with van der Waals surface area (Å²) in [6.45, 7) is 9.82. The Morgan fingerprint density at radius 3 is 2.16 bits per heavy atom. The molecule has 1 aromatic carbocycles. The second-order valence-electron chi connectivity index (χ2n) is 7.21. The quantitative estimate of drug-likeness (QED) is 0.169. The summed E-state index contributed by atoms with van der Waals surface area (Å²) in [5.41, 5.74) is 1.74. The summed E-state index contributed by atoms with van der Waals surface area (Å²) in [4.78, 5) is 11.5. The summed E-state index contributed by atoms with van der Waals surface area (Å²) in [5, 5.41) is 0. The minimum absolute atomic E-state index is 0.362. The lowest BCUT2D eigenvalue weighted by molar-refractivity contribution is -0.130. The Balaban J connectivity index is 2.39. The van der Waals surface area contributed by atoms with Crippen LogP contribution in [0.4, 0.5) is 0 Å². The van der Waals surface area contributed by atoms with Crippen LogP contribution in [0.5, 0.6) is 5.75 Å². The number of ether oxygens (including phenoxy) is 1. The van der Waals surface area contributed by atoms with Crippen LogP contribution >= 0.6 is 0 Å². The average molecular weight is 345 g/mol. The SMILES string of the molecule is C=C(C)C(=O)Oc1ccc(CCCC(CCCC)CCCCC)cc1. The van der Waals surface area contributed by atoms with Gasteiger partial charge in [-0.3, -0.25) is 0 Å². The first-order chi connectivity index (χ1) is 12.1. The summed E-state index contributed by atoms with van der Waals surface area (Å²) in [5.74, 6) is 1.12. The highest BCUT2D eigenvalue weighted by Gasteiger charge is 2.09. The van der Waals surface area contributed by atoms with Gasteiger partial charge in [-0.05, 0) is 43.4 Å². The van der Waals surface area contributed by atoms with Crippen molar-refractivity contribution in [1.82, 2.24) is 0 Å². The van der Waals surface area contributed by atoms with E-state index in [0.29, 0.717) is 11.3 Å². The molecule has 1 unspecified atom stereocenters. The van der Waals surface area contributed by atoms with Crippen LogP contribution in [0.15, 0.2) is 36.4 Å². The van der Waals surface area contributed by atoms with E-state index in [-0.39, 0.29) is 5.97 Å². The first kappa shape index (κ1) is 21.5. The molecule has 0 aromatic heterocycles. The van der Waals surface area contributed by atoms with Gasteiger partial charge in [-0.25, -0.2) is 4.79 Å². The van der Waals surface area contributed by atoms with Crippen molar-refractivity contribution in [3.63, 3.8) is 0 Å². The smallest absolute Gasteiger partial charge is 0.338 e. The van der Waals surface area contributed by atoms with Crippen molar-refractivity contribution in [2.75, 3.05) is 0 Å². The molecule has 0 fully saturated rings. The van der Waals surface area contributed by atoms with Gasteiger partial charge >= 0.3 is 5.97 Å². The molecular weight excluding hydrogens is 308 g/mol. The Labute approximate surface area is 154 Å². The largest absolute Gasteiger partial charge is 0.423 e. The van der Waals surface area contributed by atoms with Crippen LogP contribution in [0.3, 0.4) is 0 Å². The maximum atomic E-state index is 11.5. The molecule has 0 spiro atoms. The standard InChI is InChI=1S/C23H36O2/c1-5-7-9-12-20(11-8-6-2)13-10-14-21-15-17-22(18-16-21)25-23(24)19(3)4/h15-18,20H,3,5-14H2,1-2,4H3. The van der Waals surface area contributed by atoms with E-state index in [9.17, 15) is 4.79 Å². The number of carbonyl (C=O) groups excluding carboxylic acids is 1. The van der Waals surface area contributed by atoms with Crippen LogP contribution in [0.2, 0.25) is 0 Å². The van der Waals surface area contributed by atoms with Crippen molar-refractivity contribution in [2.45, 2.75) is 85.0 Å². The molecule has 1 aromatic rings. The summed E-state index contributed by atoms with van der Waals surface area (Å²) in [7, 11) is 0. The Bertz CT molecular complexity index is 501. The van der Waals surface area contributed by atoms with Gasteiger partial charge in [0, 0.05) is 5.57 Å². The molecule has 0 heterocycles. The third-order valence-electron chi connectivity index (χ3n) is 4.74. The average Bonchev–Trinajstić information content (AvgIpc) is 2.60. The van der Waals surface area contributed by atoms with Gasteiger partial charge in [-0.2, -0.15) is 0 Å². The van der Waals surface area contributed by atoms with Gasteiger partial charge in [0.15, 0.2) is 0 Å². The van der Waals surface area contributed by atoms with E-state index in [1.807, 2.05) is 12.1 Å². The van der Waals surface area contributed by atoms with Crippen LogP contribution < -0.4 is 4.74 Å². The molecule has 0 aliphatic heterocycles. The predicted octanol–water partition coefficient (Wildman–Crippen LogP) is 6.88. The van der Waals surface area contributed by atoms with Gasteiger partial charge in [0.05, 0.1) is 0 Å². The summed E-state index contributed by atoms with van der Waals surface area (Å²) in [6, 6.07) is 7.90. The van der Waals surface area contributed by atoms with Gasteiger partial charge in [0.2, 0.25) is 0 Å². The molecule has 1 rings (SSSR count). The normalized spacial score (nSPS) is 12.0. The zero-order valence-electron chi connectivity index (χ0n) is 16.5. The summed E-state index contributed by atoms with van der Waals surface area (Å²) < 4.78 is 5.23. The molecule has 25 heavy (non-hydrogen) atoms. The number of hydrogen-bond donors (Lipinski definition) is 0. The van der Waals surface area contributed by atoms with Gasteiger partial charge in [0.1, 0.15) is 5.75 Å². The molecule has 0 amide bonds. The lowest BCUT2D eigenvalue weighted by Gasteiger charge is -2.16. The second-order valence-corrected chi connectivity index (χ2v) is 7.21. The molecule has 0 saturated heterocycles. The molecule has 0 aliphatic rings. The number of rotatable bonds is 13. The minimum Gasteiger partial charge on any atom is -0.423 e. The molecule has 1 atom stereocenters. The van der Waals surface area contributed by atoms with E-state index in [1.54, 1.807) is 6.92 Å². The molecule has 0 N–H and O–H groups in total. The van der Waals surface area contributed by atoms with Crippen molar-refractivity contribution in [2.24, 2.45) is 5.92 Å². The van der Waals surface area contributed by atoms with E-state index < -0.39 is 0 Å². The Morgan fingerprint density at radius 2 is 1.56 bits per heavy atom. The molecule has 140 valence electrons. The minimum atomic E-state index is -0.362. The number of esters is 1. The lowest BCUT2D eigenvalue weighted by atomic mass is 9.90. The Kier molecular flexibility index (Phi) is 10.9. The van der Waals surface area contributed by atoms with E-state index in [1.165, 1.54) is 63.4 Å². The first-order valence-electron chi connectivity index (χ1n) is 10.0. The van der Waals surface area contributed by atoms with E-state index in [2.05, 4.69) is 32.6 Å². The van der Waals surface area contributed by atoms with Crippen LogP contribution in [0, 0.1) is 5.92 Å². The number of hydrogen-bond acceptors (Lipinski definition) is 2. The van der Waals surface area contributed by atoms with E-state index in [4.69, 9.17) is 4.74 Å². The predicted molar refractivity (Wildman–Crippen MR) is 107 cm³/mol. The number of benzene rings is 1. The molecule has 0 bridgehead atoms. The molecule has 0 aliphatic carbocycles. The fraction of sp³-hybridized carbons (Fsp3) is 0.609. The third-order valence-corrected chi connectivity index (χ3v) is 4.74. The van der Waals surface area contributed by atoms with Crippen LogP contribution in [-0.4, -0.2) is 5.97 Å². The highest BCUT2D eigenvalue weighted by atomic mass is 16.5. The van der Waals surface area contributed by atoms with Gasteiger partial charge < -0.3 is 4.74 Å². The van der Waals surface area contributed by atoms with E-state index >= 15 is 0 Å². The molecule has 0 saturated carbocycles. The van der Waals surface area contributed by atoms with Gasteiger partial charge in [0.25, 0.3) is 0 Å². The number of carbonyl (C=O) groups is 1. The highest BCUT2D eigenvalue weighted by Crippen LogP contribution is 2.23. The van der Waals surface area contributed by atoms with Crippen LogP contribution in [0.25, 0.3) is 0 Å². The second kappa shape index (κ2) is 12.7. The summed E-state index contributed by atoms with van der Waals surface area (Å²) in [6.07, 6.45) is 13.2. The van der Waals surface area contributed by atoms with E-state index in [0.717, 1.165) is 12.3 Å². The maximum absolute atomic E-state index is 11.5. The first-order valence-corrected chi connectivity index (χ1v) is 10.0.